The highest BCUT2D eigenvalue weighted by Crippen LogP contribution is 2.40. The summed E-state index contributed by atoms with van der Waals surface area (Å²) >= 11 is 4.56. The highest BCUT2D eigenvalue weighted by atomic mass is 32.1. The molecule has 2 aliphatic rings. The van der Waals surface area contributed by atoms with Gasteiger partial charge in [-0.1, -0.05) is 0 Å². The lowest BCUT2D eigenvalue weighted by Gasteiger charge is -2.40. The number of methoxy groups -OCH3 is 1. The number of carbonyl (C=O) groups excluding carboxylic acids is 2. The van der Waals surface area contributed by atoms with Crippen LogP contribution >= 0.6 is 12.2 Å². The average Bonchev–Trinajstić information content (AvgIpc) is 2.85. The summed E-state index contributed by atoms with van der Waals surface area (Å²) in [6.45, 7) is 0. The number of aliphatic imine (C=N–C) groups is 1. The first-order valence-electron chi connectivity index (χ1n) is 8.24. The van der Waals surface area contributed by atoms with Crippen molar-refractivity contribution in [3.8, 4) is 0 Å². The van der Waals surface area contributed by atoms with E-state index in [0.717, 1.165) is 12.8 Å². The van der Waals surface area contributed by atoms with Crippen LogP contribution in [0.1, 0.15) is 29.6 Å². The predicted octanol–water partition coefficient (Wildman–Crippen LogP) is 2.60. The van der Waals surface area contributed by atoms with Crippen molar-refractivity contribution in [2.24, 2.45) is 10.9 Å². The van der Waals surface area contributed by atoms with Crippen LogP contribution in [-0.4, -0.2) is 54.3 Å². The number of fused-ring (bicyclic) bond motifs is 2. The number of isothiocyanates is 1. The third-order valence-electron chi connectivity index (χ3n) is 5.22. The molecule has 0 radical (unpaired) electrons. The van der Waals surface area contributed by atoms with E-state index in [4.69, 9.17) is 9.47 Å². The van der Waals surface area contributed by atoms with Crippen molar-refractivity contribution < 1.29 is 19.1 Å². The Kier molecular flexibility index (Phi) is 5.27. The van der Waals surface area contributed by atoms with Gasteiger partial charge in [-0.05, 0) is 56.4 Å². The molecule has 0 saturated carbocycles. The number of hydrogen-bond donors (Lipinski definition) is 0. The second kappa shape index (κ2) is 7.44. The summed E-state index contributed by atoms with van der Waals surface area (Å²) in [5.41, 5.74) is 1.04. The van der Waals surface area contributed by atoms with Crippen LogP contribution in [0.4, 0.5) is 5.69 Å². The van der Waals surface area contributed by atoms with Gasteiger partial charge in [0.25, 0.3) is 0 Å². The first-order chi connectivity index (χ1) is 12.0. The normalized spacial score (nSPS) is 28.1. The molecule has 2 bridgehead atoms. The first kappa shape index (κ1) is 17.7. The number of esters is 2. The Bertz CT molecular complexity index is 714. The molecule has 7 heteroatoms. The molecule has 0 N–H and O–H groups in total. The summed E-state index contributed by atoms with van der Waals surface area (Å²) in [6, 6.07) is 7.00. The van der Waals surface area contributed by atoms with E-state index in [9.17, 15) is 9.59 Å². The van der Waals surface area contributed by atoms with E-state index in [-0.39, 0.29) is 12.0 Å². The van der Waals surface area contributed by atoms with Crippen LogP contribution in [0.25, 0.3) is 0 Å². The van der Waals surface area contributed by atoms with Gasteiger partial charge in [0.2, 0.25) is 0 Å². The fraction of sp³-hybridized carbons (Fsp3) is 0.500. The molecule has 1 aromatic rings. The van der Waals surface area contributed by atoms with Crippen molar-refractivity contribution in [2.45, 2.75) is 37.5 Å². The standard InChI is InChI=1S/C18H20N2O4S/c1-20-13-7-8-14(20)16(18(22)23-2)15(9-13)24-17(21)11-3-5-12(6-4-11)19-10-25/h3-6,13-16H,7-9H2,1-2H3/t13-,14-,15-,16+/m0/s1. The maximum absolute atomic E-state index is 12.5. The monoisotopic (exact) mass is 360 g/mol. The van der Waals surface area contributed by atoms with Gasteiger partial charge >= 0.3 is 11.9 Å². The molecule has 1 aromatic carbocycles. The minimum atomic E-state index is -0.465. The lowest BCUT2D eigenvalue weighted by molar-refractivity contribution is -0.156. The number of carbonyl (C=O) groups is 2. The van der Waals surface area contributed by atoms with Crippen LogP contribution in [0, 0.1) is 5.92 Å². The second-order valence-corrected chi connectivity index (χ2v) is 6.62. The van der Waals surface area contributed by atoms with E-state index in [1.54, 1.807) is 24.3 Å². The second-order valence-electron chi connectivity index (χ2n) is 6.44. The molecule has 2 fully saturated rings. The molecule has 132 valence electrons. The highest BCUT2D eigenvalue weighted by Gasteiger charge is 2.50. The highest BCUT2D eigenvalue weighted by molar-refractivity contribution is 7.78. The Hall–Kier alpha value is -2.08. The topological polar surface area (TPSA) is 68.2 Å². The molecule has 0 spiro atoms. The van der Waals surface area contributed by atoms with E-state index >= 15 is 0 Å². The Balaban J connectivity index is 1.76. The molecule has 0 aliphatic carbocycles. The van der Waals surface area contributed by atoms with Gasteiger partial charge in [-0.2, -0.15) is 4.99 Å². The van der Waals surface area contributed by atoms with E-state index in [1.165, 1.54) is 7.11 Å². The minimum Gasteiger partial charge on any atom is -0.469 e. The summed E-state index contributed by atoms with van der Waals surface area (Å²) < 4.78 is 10.7. The lowest BCUT2D eigenvalue weighted by Crippen LogP contribution is -2.53. The molecule has 4 atom stereocenters. The average molecular weight is 360 g/mol. The number of benzene rings is 1. The number of piperidine rings is 1. The van der Waals surface area contributed by atoms with Crippen LogP contribution < -0.4 is 0 Å². The van der Waals surface area contributed by atoms with Gasteiger partial charge in [-0.25, -0.2) is 4.79 Å². The SMILES string of the molecule is COC(=O)[C@H]1[C@@H](OC(=O)c2ccc(N=C=S)cc2)C[C@@H]2CC[C@@H]1N2C. The van der Waals surface area contributed by atoms with E-state index in [1.807, 2.05) is 7.05 Å². The van der Waals surface area contributed by atoms with Gasteiger partial charge in [0.1, 0.15) is 12.0 Å². The quantitative estimate of drug-likeness (QED) is 0.467. The summed E-state index contributed by atoms with van der Waals surface area (Å²) in [4.78, 5) is 30.8. The summed E-state index contributed by atoms with van der Waals surface area (Å²) in [5, 5.41) is 2.28. The van der Waals surface area contributed by atoms with Gasteiger partial charge in [0.15, 0.2) is 0 Å². The van der Waals surface area contributed by atoms with Crippen molar-refractivity contribution in [3.05, 3.63) is 29.8 Å². The predicted molar refractivity (Wildman–Crippen MR) is 95.0 cm³/mol. The van der Waals surface area contributed by atoms with Gasteiger partial charge in [-0.3, -0.25) is 9.69 Å². The zero-order valence-corrected chi connectivity index (χ0v) is 15.0. The van der Waals surface area contributed by atoms with Gasteiger partial charge in [-0.15, -0.1) is 0 Å². The third kappa shape index (κ3) is 3.49. The number of thiocarbonyl (C=S) groups is 1. The van der Waals surface area contributed by atoms with Crippen LogP contribution in [-0.2, 0) is 14.3 Å². The fourth-order valence-corrected chi connectivity index (χ4v) is 4.02. The van der Waals surface area contributed by atoms with Crippen molar-refractivity contribution in [2.75, 3.05) is 14.2 Å². The van der Waals surface area contributed by atoms with Gasteiger partial charge in [0.05, 0.1) is 23.5 Å². The van der Waals surface area contributed by atoms with Crippen molar-refractivity contribution in [1.29, 1.82) is 0 Å². The molecule has 2 aliphatic heterocycles. The molecule has 2 saturated heterocycles. The Morgan fingerprint density at radius 1 is 1.28 bits per heavy atom. The summed E-state index contributed by atoms with van der Waals surface area (Å²) in [7, 11) is 3.39. The Labute approximate surface area is 151 Å². The lowest BCUT2D eigenvalue weighted by atomic mass is 9.87. The molecule has 2 heterocycles. The van der Waals surface area contributed by atoms with Gasteiger partial charge < -0.3 is 9.47 Å². The molecule has 0 unspecified atom stereocenters. The maximum atomic E-state index is 12.5. The van der Waals surface area contributed by atoms with Crippen molar-refractivity contribution in [1.82, 2.24) is 4.90 Å². The maximum Gasteiger partial charge on any atom is 0.338 e. The zero-order chi connectivity index (χ0) is 18.0. The van der Waals surface area contributed by atoms with Crippen LogP contribution in [0.2, 0.25) is 0 Å². The fourth-order valence-electron chi connectivity index (χ4n) is 3.92. The third-order valence-corrected chi connectivity index (χ3v) is 5.32. The molecule has 25 heavy (non-hydrogen) atoms. The zero-order valence-electron chi connectivity index (χ0n) is 14.2. The molecular weight excluding hydrogens is 340 g/mol. The Morgan fingerprint density at radius 2 is 2.00 bits per heavy atom. The van der Waals surface area contributed by atoms with Crippen LogP contribution in [0.5, 0.6) is 0 Å². The first-order valence-corrected chi connectivity index (χ1v) is 8.64. The van der Waals surface area contributed by atoms with Crippen molar-refractivity contribution >= 4 is 35.0 Å². The number of ether oxygens (including phenoxy) is 2. The van der Waals surface area contributed by atoms with E-state index < -0.39 is 18.0 Å². The number of nitrogens with zero attached hydrogens (tertiary/aromatic N) is 2. The summed E-state index contributed by atoms with van der Waals surface area (Å²) in [6.07, 6.45) is 2.10. The molecular formula is C18H20N2O4S. The minimum absolute atomic E-state index is 0.0586. The van der Waals surface area contributed by atoms with E-state index in [0.29, 0.717) is 23.7 Å². The smallest absolute Gasteiger partial charge is 0.338 e. The van der Waals surface area contributed by atoms with Crippen LogP contribution in [0.15, 0.2) is 29.3 Å². The summed E-state index contributed by atoms with van der Waals surface area (Å²) in [5.74, 6) is -1.21. The molecule has 0 amide bonds. The molecule has 3 rings (SSSR count). The number of rotatable bonds is 4. The van der Waals surface area contributed by atoms with E-state index in [2.05, 4.69) is 27.3 Å². The molecule has 6 nitrogen and oxygen atoms in total. The van der Waals surface area contributed by atoms with Crippen LogP contribution in [0.3, 0.4) is 0 Å². The Morgan fingerprint density at radius 3 is 2.64 bits per heavy atom. The largest absolute Gasteiger partial charge is 0.469 e. The van der Waals surface area contributed by atoms with Crippen molar-refractivity contribution in [3.63, 3.8) is 0 Å². The number of hydrogen-bond acceptors (Lipinski definition) is 7. The van der Waals surface area contributed by atoms with Gasteiger partial charge in [0, 0.05) is 18.5 Å². The molecule has 0 aromatic heterocycles.